The highest BCUT2D eigenvalue weighted by Gasteiger charge is 2.19. The summed E-state index contributed by atoms with van der Waals surface area (Å²) in [5, 5.41) is 11.3. The standard InChI is InChI=1S/C17H21N3O2/c1-18(2)13-8-14-19(15-9-4-3-5-10-15)16-11-6-7-12-17(16)20(21)22/h3-7,9-12H,8,13-14H2,1-2H3. The van der Waals surface area contributed by atoms with Gasteiger partial charge in [0.25, 0.3) is 5.69 Å². The van der Waals surface area contributed by atoms with Crippen LogP contribution in [0.1, 0.15) is 6.42 Å². The van der Waals surface area contributed by atoms with Crippen LogP contribution in [0, 0.1) is 10.1 Å². The molecule has 22 heavy (non-hydrogen) atoms. The average Bonchev–Trinajstić information content (AvgIpc) is 2.52. The molecule has 2 rings (SSSR count). The number of nitrogens with zero attached hydrogens (tertiary/aromatic N) is 3. The van der Waals surface area contributed by atoms with Gasteiger partial charge in [-0.25, -0.2) is 0 Å². The summed E-state index contributed by atoms with van der Waals surface area (Å²) in [6.45, 7) is 1.66. The molecule has 0 atom stereocenters. The highest BCUT2D eigenvalue weighted by atomic mass is 16.6. The predicted octanol–water partition coefficient (Wildman–Crippen LogP) is 3.68. The molecule has 5 heteroatoms. The smallest absolute Gasteiger partial charge is 0.292 e. The second-order valence-corrected chi connectivity index (χ2v) is 5.39. The summed E-state index contributed by atoms with van der Waals surface area (Å²) in [6, 6.07) is 16.7. The molecule has 2 aromatic rings. The van der Waals surface area contributed by atoms with Crippen molar-refractivity contribution in [3.63, 3.8) is 0 Å². The summed E-state index contributed by atoms with van der Waals surface area (Å²) < 4.78 is 0. The Hall–Kier alpha value is -2.40. The third kappa shape index (κ3) is 4.05. The zero-order chi connectivity index (χ0) is 15.9. The van der Waals surface area contributed by atoms with Crippen molar-refractivity contribution >= 4 is 17.1 Å². The zero-order valence-electron chi connectivity index (χ0n) is 13.0. The lowest BCUT2D eigenvalue weighted by molar-refractivity contribution is -0.384. The maximum absolute atomic E-state index is 11.3. The molecule has 0 unspecified atom stereocenters. The molecule has 0 amide bonds. The number of rotatable bonds is 7. The first-order valence-electron chi connectivity index (χ1n) is 7.30. The van der Waals surface area contributed by atoms with Crippen molar-refractivity contribution in [2.45, 2.75) is 6.42 Å². The molecule has 0 radical (unpaired) electrons. The number of anilines is 2. The van der Waals surface area contributed by atoms with E-state index in [0.717, 1.165) is 25.2 Å². The van der Waals surface area contributed by atoms with Crippen LogP contribution in [-0.2, 0) is 0 Å². The normalized spacial score (nSPS) is 10.7. The second kappa shape index (κ2) is 7.56. The molecule has 0 N–H and O–H groups in total. The van der Waals surface area contributed by atoms with Crippen LogP contribution in [0.25, 0.3) is 0 Å². The Labute approximate surface area is 130 Å². The molecule has 0 aliphatic carbocycles. The van der Waals surface area contributed by atoms with Gasteiger partial charge in [0, 0.05) is 18.3 Å². The van der Waals surface area contributed by atoms with Crippen molar-refractivity contribution in [3.8, 4) is 0 Å². The van der Waals surface area contributed by atoms with Crippen LogP contribution in [0.4, 0.5) is 17.1 Å². The summed E-state index contributed by atoms with van der Waals surface area (Å²) in [4.78, 5) is 15.1. The summed E-state index contributed by atoms with van der Waals surface area (Å²) >= 11 is 0. The quantitative estimate of drug-likeness (QED) is 0.578. The van der Waals surface area contributed by atoms with Gasteiger partial charge in [-0.15, -0.1) is 0 Å². The number of benzene rings is 2. The van der Waals surface area contributed by atoms with Crippen molar-refractivity contribution in [3.05, 3.63) is 64.7 Å². The molecule has 0 aliphatic rings. The fourth-order valence-electron chi connectivity index (χ4n) is 2.39. The number of nitro groups is 1. The van der Waals surface area contributed by atoms with Crippen LogP contribution in [-0.4, -0.2) is 37.0 Å². The molecule has 0 fully saturated rings. The van der Waals surface area contributed by atoms with Crippen LogP contribution in [0.3, 0.4) is 0 Å². The molecule has 0 aromatic heterocycles. The molecular weight excluding hydrogens is 278 g/mol. The van der Waals surface area contributed by atoms with Crippen LogP contribution < -0.4 is 4.90 Å². The first kappa shape index (κ1) is 16.0. The van der Waals surface area contributed by atoms with Crippen LogP contribution in [0.15, 0.2) is 54.6 Å². The van der Waals surface area contributed by atoms with Crippen molar-refractivity contribution in [1.29, 1.82) is 0 Å². The van der Waals surface area contributed by atoms with E-state index in [1.807, 2.05) is 55.4 Å². The number of para-hydroxylation sites is 3. The topological polar surface area (TPSA) is 49.6 Å². The van der Waals surface area contributed by atoms with E-state index >= 15 is 0 Å². The highest BCUT2D eigenvalue weighted by Crippen LogP contribution is 2.33. The van der Waals surface area contributed by atoms with Crippen molar-refractivity contribution in [2.24, 2.45) is 0 Å². The summed E-state index contributed by atoms with van der Waals surface area (Å²) in [7, 11) is 4.05. The Morgan fingerprint density at radius 3 is 2.23 bits per heavy atom. The van der Waals surface area contributed by atoms with Gasteiger partial charge in [-0.05, 0) is 45.3 Å². The molecule has 116 valence electrons. The maximum atomic E-state index is 11.3. The van der Waals surface area contributed by atoms with Crippen LogP contribution >= 0.6 is 0 Å². The Bertz CT molecular complexity index is 614. The SMILES string of the molecule is CN(C)CCCN(c1ccccc1)c1ccccc1[N+](=O)[O-]. The summed E-state index contributed by atoms with van der Waals surface area (Å²) in [5.74, 6) is 0. The number of hydrogen-bond donors (Lipinski definition) is 0. The van der Waals surface area contributed by atoms with Gasteiger partial charge in [-0.2, -0.15) is 0 Å². The number of nitro benzene ring substituents is 1. The lowest BCUT2D eigenvalue weighted by Crippen LogP contribution is -2.23. The predicted molar refractivity (Wildman–Crippen MR) is 89.7 cm³/mol. The molecule has 2 aromatic carbocycles. The third-order valence-electron chi connectivity index (χ3n) is 3.42. The minimum atomic E-state index is -0.322. The Morgan fingerprint density at radius 2 is 1.59 bits per heavy atom. The van der Waals surface area contributed by atoms with Gasteiger partial charge in [0.15, 0.2) is 0 Å². The maximum Gasteiger partial charge on any atom is 0.292 e. The van der Waals surface area contributed by atoms with Gasteiger partial charge in [0.1, 0.15) is 5.69 Å². The summed E-state index contributed by atoms with van der Waals surface area (Å²) in [5.41, 5.74) is 1.74. The number of hydrogen-bond acceptors (Lipinski definition) is 4. The van der Waals surface area contributed by atoms with Gasteiger partial charge in [0.2, 0.25) is 0 Å². The van der Waals surface area contributed by atoms with Gasteiger partial charge < -0.3 is 9.80 Å². The Kier molecular flexibility index (Phi) is 5.49. The fraction of sp³-hybridized carbons (Fsp3) is 0.294. The average molecular weight is 299 g/mol. The fourth-order valence-corrected chi connectivity index (χ4v) is 2.39. The van der Waals surface area contributed by atoms with E-state index in [1.165, 1.54) is 0 Å². The Balaban J connectivity index is 2.34. The first-order chi connectivity index (χ1) is 10.6. The van der Waals surface area contributed by atoms with E-state index in [1.54, 1.807) is 18.2 Å². The third-order valence-corrected chi connectivity index (χ3v) is 3.42. The minimum absolute atomic E-state index is 0.135. The molecule has 0 aliphatic heterocycles. The van der Waals surface area contributed by atoms with Gasteiger partial charge in [0.05, 0.1) is 4.92 Å². The lowest BCUT2D eigenvalue weighted by atomic mass is 10.2. The zero-order valence-corrected chi connectivity index (χ0v) is 13.0. The molecule has 5 nitrogen and oxygen atoms in total. The van der Waals surface area contributed by atoms with Crippen molar-refractivity contribution in [1.82, 2.24) is 4.90 Å². The molecule has 0 saturated heterocycles. The van der Waals surface area contributed by atoms with Gasteiger partial charge in [-0.3, -0.25) is 10.1 Å². The molecule has 0 spiro atoms. The van der Waals surface area contributed by atoms with E-state index in [-0.39, 0.29) is 10.6 Å². The van der Waals surface area contributed by atoms with E-state index < -0.39 is 0 Å². The molecule has 0 saturated carbocycles. The van der Waals surface area contributed by atoms with E-state index in [2.05, 4.69) is 4.90 Å². The van der Waals surface area contributed by atoms with Crippen LogP contribution in [0.5, 0.6) is 0 Å². The minimum Gasteiger partial charge on any atom is -0.336 e. The van der Waals surface area contributed by atoms with Crippen LogP contribution in [0.2, 0.25) is 0 Å². The van der Waals surface area contributed by atoms with E-state index in [0.29, 0.717) is 5.69 Å². The van der Waals surface area contributed by atoms with E-state index in [4.69, 9.17) is 0 Å². The van der Waals surface area contributed by atoms with E-state index in [9.17, 15) is 10.1 Å². The lowest BCUT2D eigenvalue weighted by Gasteiger charge is -2.25. The van der Waals surface area contributed by atoms with Crippen molar-refractivity contribution in [2.75, 3.05) is 32.1 Å². The Morgan fingerprint density at radius 1 is 0.955 bits per heavy atom. The summed E-state index contributed by atoms with van der Waals surface area (Å²) in [6.07, 6.45) is 0.925. The van der Waals surface area contributed by atoms with Crippen molar-refractivity contribution < 1.29 is 4.92 Å². The second-order valence-electron chi connectivity index (χ2n) is 5.39. The highest BCUT2D eigenvalue weighted by molar-refractivity contribution is 5.71. The largest absolute Gasteiger partial charge is 0.336 e. The van der Waals surface area contributed by atoms with Gasteiger partial charge >= 0.3 is 0 Å². The molecular formula is C17H21N3O2. The molecule has 0 bridgehead atoms. The first-order valence-corrected chi connectivity index (χ1v) is 7.30. The van der Waals surface area contributed by atoms with Gasteiger partial charge in [-0.1, -0.05) is 30.3 Å². The molecule has 0 heterocycles. The monoisotopic (exact) mass is 299 g/mol.